The van der Waals surface area contributed by atoms with Crippen LogP contribution in [0.3, 0.4) is 0 Å². The van der Waals surface area contributed by atoms with Gasteiger partial charge in [-0.25, -0.2) is 28.8 Å². The lowest BCUT2D eigenvalue weighted by Crippen LogP contribution is -2.34. The van der Waals surface area contributed by atoms with E-state index in [4.69, 9.17) is 5.11 Å². The average molecular weight is 410 g/mol. The monoisotopic (exact) mass is 410 g/mol. The van der Waals surface area contributed by atoms with Crippen molar-refractivity contribution in [3.05, 3.63) is 0 Å². The van der Waals surface area contributed by atoms with Crippen LogP contribution in [-0.2, 0) is 57.2 Å². The van der Waals surface area contributed by atoms with Crippen LogP contribution in [0.1, 0.15) is 0 Å². The molecule has 0 amide bonds. The van der Waals surface area contributed by atoms with Gasteiger partial charge in [0, 0.05) is 0 Å². The molecule has 0 aliphatic heterocycles. The second-order valence-corrected chi connectivity index (χ2v) is 4.64. The number of aliphatic hydroxyl groups excluding tert-OH is 2. The smallest absolute Gasteiger partial charge is 0.417 e. The third-order valence-corrected chi connectivity index (χ3v) is 2.56. The minimum absolute atomic E-state index is 0.730. The van der Waals surface area contributed by atoms with E-state index in [1.807, 2.05) is 0 Å². The van der Waals surface area contributed by atoms with E-state index in [1.54, 1.807) is 0 Å². The molecule has 0 rings (SSSR count). The van der Waals surface area contributed by atoms with Crippen molar-refractivity contribution >= 4 is 35.8 Å². The van der Waals surface area contributed by atoms with E-state index < -0.39 is 74.5 Å². The summed E-state index contributed by atoms with van der Waals surface area (Å²) in [5.41, 5.74) is 0. The zero-order valence-corrected chi connectivity index (χ0v) is 14.8. The summed E-state index contributed by atoms with van der Waals surface area (Å²) in [4.78, 5) is 66.5. The fraction of sp³-hybridized carbons (Fsp3) is 0.571. The van der Waals surface area contributed by atoms with Crippen molar-refractivity contribution in [2.75, 3.05) is 40.6 Å². The van der Waals surface area contributed by atoms with Crippen molar-refractivity contribution in [3.63, 3.8) is 0 Å². The Labute approximate surface area is 157 Å². The molecule has 0 spiro atoms. The molecule has 0 saturated carbocycles. The van der Waals surface area contributed by atoms with E-state index in [-0.39, 0.29) is 0 Å². The summed E-state index contributed by atoms with van der Waals surface area (Å²) in [6.07, 6.45) is -3.01. The summed E-state index contributed by atoms with van der Waals surface area (Å²) < 4.78 is 25.7. The summed E-state index contributed by atoms with van der Waals surface area (Å²) in [6, 6.07) is 0. The fourth-order valence-corrected chi connectivity index (χ4v) is 1.23. The Balaban J connectivity index is 4.25. The molecule has 2 atom stereocenters. The van der Waals surface area contributed by atoms with Gasteiger partial charge in [-0.05, 0) is 0 Å². The lowest BCUT2D eigenvalue weighted by atomic mass is 10.4. The Hall–Kier alpha value is -3.26. The van der Waals surface area contributed by atoms with E-state index in [0.717, 1.165) is 14.2 Å². The largest absolute Gasteiger partial charge is 0.461 e. The normalized spacial score (nSPS) is 12.0. The quantitative estimate of drug-likeness (QED) is 0.224. The standard InChI is InChI=1S/C14H18O14/c1-23-9(17)11(19)25-4-7(16)5-26-12(20)13(21)27-6-8(3-15)28-14(22)10(18)24-2/h7-8,15-16H,3-6H2,1-2H3. The van der Waals surface area contributed by atoms with Crippen LogP contribution in [0.4, 0.5) is 0 Å². The maximum Gasteiger partial charge on any atom is 0.417 e. The number of rotatable bonds is 8. The van der Waals surface area contributed by atoms with Crippen LogP contribution in [0.15, 0.2) is 0 Å². The van der Waals surface area contributed by atoms with Crippen molar-refractivity contribution < 1.29 is 67.4 Å². The van der Waals surface area contributed by atoms with Crippen molar-refractivity contribution in [2.45, 2.75) is 12.2 Å². The first-order valence-corrected chi connectivity index (χ1v) is 7.33. The molecular formula is C14H18O14. The molecule has 0 aliphatic rings. The molecule has 2 N–H and O–H groups in total. The second-order valence-electron chi connectivity index (χ2n) is 4.64. The second kappa shape index (κ2) is 13.0. The van der Waals surface area contributed by atoms with E-state index >= 15 is 0 Å². The molecule has 0 heterocycles. The van der Waals surface area contributed by atoms with Crippen LogP contribution in [0.25, 0.3) is 0 Å². The molecule has 2 unspecified atom stereocenters. The summed E-state index contributed by atoms with van der Waals surface area (Å²) in [5.74, 6) is -8.63. The van der Waals surface area contributed by atoms with Crippen molar-refractivity contribution in [1.82, 2.24) is 0 Å². The molecule has 28 heavy (non-hydrogen) atoms. The lowest BCUT2D eigenvalue weighted by molar-refractivity contribution is -0.178. The number of carbonyl (C=O) groups is 6. The SMILES string of the molecule is COC(=O)C(=O)OCC(O)COC(=O)C(=O)OCC(CO)OC(=O)C(=O)OC. The molecule has 0 saturated heterocycles. The first-order chi connectivity index (χ1) is 13.2. The average Bonchev–Trinajstić information content (AvgIpc) is 2.70. The molecule has 0 radical (unpaired) electrons. The van der Waals surface area contributed by atoms with Crippen LogP contribution in [0.5, 0.6) is 0 Å². The third-order valence-electron chi connectivity index (χ3n) is 2.56. The number of methoxy groups -OCH3 is 2. The molecular weight excluding hydrogens is 392 g/mol. The minimum Gasteiger partial charge on any atom is -0.461 e. The summed E-state index contributed by atoms with van der Waals surface area (Å²) in [5, 5.41) is 18.4. The van der Waals surface area contributed by atoms with Gasteiger partial charge in [-0.2, -0.15) is 0 Å². The molecule has 158 valence electrons. The first-order valence-electron chi connectivity index (χ1n) is 7.33. The summed E-state index contributed by atoms with van der Waals surface area (Å²) >= 11 is 0. The van der Waals surface area contributed by atoms with E-state index in [2.05, 4.69) is 28.4 Å². The summed E-state index contributed by atoms with van der Waals surface area (Å²) in [6.45, 7) is -3.14. The summed E-state index contributed by atoms with van der Waals surface area (Å²) in [7, 11) is 1.85. The molecule has 0 aliphatic carbocycles. The van der Waals surface area contributed by atoms with Crippen molar-refractivity contribution in [3.8, 4) is 0 Å². The molecule has 0 fully saturated rings. The van der Waals surface area contributed by atoms with Gasteiger partial charge >= 0.3 is 35.8 Å². The third kappa shape index (κ3) is 9.44. The van der Waals surface area contributed by atoms with Crippen LogP contribution in [0.2, 0.25) is 0 Å². The zero-order valence-electron chi connectivity index (χ0n) is 14.8. The van der Waals surface area contributed by atoms with Gasteiger partial charge in [0.1, 0.15) is 25.9 Å². The lowest BCUT2D eigenvalue weighted by Gasteiger charge is -2.15. The first kappa shape index (κ1) is 24.7. The maximum atomic E-state index is 11.4. The molecule has 0 aromatic rings. The Morgan fingerprint density at radius 1 is 0.679 bits per heavy atom. The number of hydrogen-bond acceptors (Lipinski definition) is 14. The fourth-order valence-electron chi connectivity index (χ4n) is 1.23. The topological polar surface area (TPSA) is 198 Å². The number of esters is 6. The highest BCUT2D eigenvalue weighted by Gasteiger charge is 2.25. The Kier molecular flexibility index (Phi) is 11.5. The molecule has 0 aromatic heterocycles. The zero-order chi connectivity index (χ0) is 21.7. The predicted molar refractivity (Wildman–Crippen MR) is 79.9 cm³/mol. The van der Waals surface area contributed by atoms with E-state index in [9.17, 15) is 33.9 Å². The van der Waals surface area contributed by atoms with E-state index in [1.165, 1.54) is 0 Å². The maximum absolute atomic E-state index is 11.4. The highest BCUT2D eigenvalue weighted by Crippen LogP contribution is 1.98. The van der Waals surface area contributed by atoms with Gasteiger partial charge in [0.25, 0.3) is 0 Å². The van der Waals surface area contributed by atoms with Gasteiger partial charge in [-0.3, -0.25) is 0 Å². The highest BCUT2D eigenvalue weighted by atomic mass is 16.6. The van der Waals surface area contributed by atoms with E-state index in [0.29, 0.717) is 0 Å². The van der Waals surface area contributed by atoms with Gasteiger partial charge in [-0.1, -0.05) is 0 Å². The molecule has 0 bridgehead atoms. The Bertz CT molecular complexity index is 597. The van der Waals surface area contributed by atoms with Gasteiger partial charge in [0.15, 0.2) is 6.10 Å². The Morgan fingerprint density at radius 2 is 1.07 bits per heavy atom. The van der Waals surface area contributed by atoms with Gasteiger partial charge in [-0.15, -0.1) is 0 Å². The number of ether oxygens (including phenoxy) is 6. The van der Waals surface area contributed by atoms with Gasteiger partial charge in [0.05, 0.1) is 20.8 Å². The highest BCUT2D eigenvalue weighted by molar-refractivity contribution is 6.30. The van der Waals surface area contributed by atoms with Crippen LogP contribution in [-0.4, -0.2) is 98.9 Å². The van der Waals surface area contributed by atoms with Crippen molar-refractivity contribution in [1.29, 1.82) is 0 Å². The predicted octanol–water partition coefficient (Wildman–Crippen LogP) is -3.77. The van der Waals surface area contributed by atoms with Crippen LogP contribution in [0, 0.1) is 0 Å². The van der Waals surface area contributed by atoms with Crippen molar-refractivity contribution in [2.24, 2.45) is 0 Å². The number of aliphatic hydroxyl groups is 2. The number of hydrogen-bond donors (Lipinski definition) is 2. The minimum atomic E-state index is -1.56. The molecule has 0 aromatic carbocycles. The van der Waals surface area contributed by atoms with Gasteiger partial charge in [0.2, 0.25) is 0 Å². The number of carbonyl (C=O) groups excluding carboxylic acids is 6. The molecule has 14 nitrogen and oxygen atoms in total. The van der Waals surface area contributed by atoms with Crippen LogP contribution >= 0.6 is 0 Å². The Morgan fingerprint density at radius 3 is 1.50 bits per heavy atom. The van der Waals surface area contributed by atoms with Gasteiger partial charge < -0.3 is 38.6 Å². The molecule has 14 heteroatoms. The van der Waals surface area contributed by atoms with Crippen LogP contribution < -0.4 is 0 Å².